The lowest BCUT2D eigenvalue weighted by Crippen LogP contribution is -2.24. The van der Waals surface area contributed by atoms with Gasteiger partial charge in [-0.3, -0.25) is 0 Å². The predicted octanol–water partition coefficient (Wildman–Crippen LogP) is 2.60. The number of nitrogens with zero attached hydrogens (tertiary/aromatic N) is 1. The molecule has 1 N–H and O–H groups in total. The summed E-state index contributed by atoms with van der Waals surface area (Å²) in [6, 6.07) is 3.21. The molecule has 15 heavy (non-hydrogen) atoms. The first kappa shape index (κ1) is 11.6. The van der Waals surface area contributed by atoms with E-state index >= 15 is 0 Å². The van der Waals surface area contributed by atoms with Crippen LogP contribution in [0.5, 0.6) is 0 Å². The van der Waals surface area contributed by atoms with E-state index in [9.17, 15) is 4.79 Å². The fraction of sp³-hybridized carbons (Fsp3) is 0.545. The molecule has 0 atom stereocenters. The van der Waals surface area contributed by atoms with Crippen molar-refractivity contribution >= 4 is 11.9 Å². The van der Waals surface area contributed by atoms with Gasteiger partial charge in [0, 0.05) is 19.2 Å². The van der Waals surface area contributed by atoms with E-state index in [0.29, 0.717) is 5.88 Å². The van der Waals surface area contributed by atoms with Gasteiger partial charge in [-0.15, -0.1) is 0 Å². The highest BCUT2D eigenvalue weighted by Crippen LogP contribution is 2.19. The van der Waals surface area contributed by atoms with E-state index in [4.69, 9.17) is 9.52 Å². The van der Waals surface area contributed by atoms with Crippen LogP contribution in [0.2, 0.25) is 0 Å². The van der Waals surface area contributed by atoms with Gasteiger partial charge in [-0.2, -0.15) is 0 Å². The number of rotatable bonds is 6. The molecule has 4 heteroatoms. The number of carbonyl (C=O) groups is 1. The maximum Gasteiger partial charge on any atom is 0.371 e. The molecule has 0 aliphatic heterocycles. The third kappa shape index (κ3) is 3.01. The number of carboxylic acid groups (broad SMARTS) is 1. The molecule has 0 spiro atoms. The zero-order chi connectivity index (χ0) is 11.3. The van der Waals surface area contributed by atoms with Crippen LogP contribution in [0, 0.1) is 0 Å². The van der Waals surface area contributed by atoms with Crippen LogP contribution < -0.4 is 4.90 Å². The van der Waals surface area contributed by atoms with E-state index < -0.39 is 5.97 Å². The van der Waals surface area contributed by atoms with Crippen molar-refractivity contribution in [2.75, 3.05) is 18.0 Å². The molecule has 1 rings (SSSR count). The van der Waals surface area contributed by atoms with Gasteiger partial charge in [0.05, 0.1) is 0 Å². The summed E-state index contributed by atoms with van der Waals surface area (Å²) in [6.45, 7) is 5.95. The van der Waals surface area contributed by atoms with Crippen LogP contribution in [0.3, 0.4) is 0 Å². The number of anilines is 1. The SMILES string of the molecule is CCCN(CCC)c1ccc(C(=O)O)o1. The highest BCUT2D eigenvalue weighted by Gasteiger charge is 2.13. The second-order valence-electron chi connectivity index (χ2n) is 3.43. The van der Waals surface area contributed by atoms with Crippen molar-refractivity contribution in [3.63, 3.8) is 0 Å². The van der Waals surface area contributed by atoms with Gasteiger partial charge >= 0.3 is 5.97 Å². The molecular formula is C11H17NO3. The lowest BCUT2D eigenvalue weighted by atomic mass is 10.3. The number of aromatic carboxylic acids is 1. The maximum absolute atomic E-state index is 10.6. The fourth-order valence-electron chi connectivity index (χ4n) is 1.48. The van der Waals surface area contributed by atoms with Crippen LogP contribution in [-0.4, -0.2) is 24.2 Å². The van der Waals surface area contributed by atoms with Gasteiger partial charge in [-0.25, -0.2) is 4.79 Å². The molecule has 1 aromatic heterocycles. The molecular weight excluding hydrogens is 194 g/mol. The lowest BCUT2D eigenvalue weighted by molar-refractivity contribution is 0.0663. The highest BCUT2D eigenvalue weighted by atomic mass is 16.4. The summed E-state index contributed by atoms with van der Waals surface area (Å²) in [6.07, 6.45) is 2.03. The zero-order valence-electron chi connectivity index (χ0n) is 9.19. The minimum absolute atomic E-state index is 0.00204. The summed E-state index contributed by atoms with van der Waals surface area (Å²) in [5, 5.41) is 8.73. The molecule has 0 aliphatic rings. The molecule has 0 amide bonds. The second-order valence-corrected chi connectivity index (χ2v) is 3.43. The highest BCUT2D eigenvalue weighted by molar-refractivity contribution is 5.84. The molecule has 0 saturated carbocycles. The van der Waals surface area contributed by atoms with E-state index in [1.807, 2.05) is 0 Å². The molecule has 0 aromatic carbocycles. The summed E-state index contributed by atoms with van der Waals surface area (Å²) in [5.41, 5.74) is 0. The fourth-order valence-corrected chi connectivity index (χ4v) is 1.48. The lowest BCUT2D eigenvalue weighted by Gasteiger charge is -2.20. The van der Waals surface area contributed by atoms with Crippen molar-refractivity contribution in [2.24, 2.45) is 0 Å². The summed E-state index contributed by atoms with van der Waals surface area (Å²) in [5.74, 6) is -0.368. The van der Waals surface area contributed by atoms with E-state index in [1.165, 1.54) is 6.07 Å². The molecule has 1 heterocycles. The monoisotopic (exact) mass is 211 g/mol. The Kier molecular flexibility index (Phi) is 4.21. The first-order valence-electron chi connectivity index (χ1n) is 5.27. The molecule has 0 saturated heterocycles. The Balaban J connectivity index is 2.76. The first-order chi connectivity index (χ1) is 7.19. The Morgan fingerprint density at radius 2 is 1.93 bits per heavy atom. The summed E-state index contributed by atoms with van der Waals surface area (Å²) in [4.78, 5) is 12.7. The summed E-state index contributed by atoms with van der Waals surface area (Å²) >= 11 is 0. The third-order valence-electron chi connectivity index (χ3n) is 2.10. The van der Waals surface area contributed by atoms with Gasteiger partial charge in [-0.05, 0) is 18.9 Å². The van der Waals surface area contributed by atoms with Gasteiger partial charge in [0.2, 0.25) is 5.76 Å². The minimum Gasteiger partial charge on any atom is -0.475 e. The Labute approximate surface area is 89.5 Å². The average Bonchev–Trinajstić information content (AvgIpc) is 2.66. The van der Waals surface area contributed by atoms with Crippen LogP contribution in [-0.2, 0) is 0 Å². The van der Waals surface area contributed by atoms with Crippen LogP contribution in [0.4, 0.5) is 5.88 Å². The van der Waals surface area contributed by atoms with Crippen molar-refractivity contribution in [3.8, 4) is 0 Å². The topological polar surface area (TPSA) is 53.7 Å². The van der Waals surface area contributed by atoms with Crippen molar-refractivity contribution in [3.05, 3.63) is 17.9 Å². The van der Waals surface area contributed by atoms with Crippen molar-refractivity contribution in [1.82, 2.24) is 0 Å². The Morgan fingerprint density at radius 1 is 1.33 bits per heavy atom. The van der Waals surface area contributed by atoms with Crippen molar-refractivity contribution < 1.29 is 14.3 Å². The largest absolute Gasteiger partial charge is 0.475 e. The molecule has 1 aromatic rings. The molecule has 4 nitrogen and oxygen atoms in total. The van der Waals surface area contributed by atoms with Gasteiger partial charge in [0.25, 0.3) is 0 Å². The molecule has 0 fully saturated rings. The standard InChI is InChI=1S/C11H17NO3/c1-3-7-12(8-4-2)10-6-5-9(15-10)11(13)14/h5-6H,3-4,7-8H2,1-2H3,(H,13,14). The average molecular weight is 211 g/mol. The van der Waals surface area contributed by atoms with E-state index in [-0.39, 0.29) is 5.76 Å². The number of hydrogen-bond donors (Lipinski definition) is 1. The molecule has 0 unspecified atom stereocenters. The van der Waals surface area contributed by atoms with Gasteiger partial charge < -0.3 is 14.4 Å². The van der Waals surface area contributed by atoms with Crippen molar-refractivity contribution in [2.45, 2.75) is 26.7 Å². The van der Waals surface area contributed by atoms with E-state index in [1.54, 1.807) is 6.07 Å². The van der Waals surface area contributed by atoms with E-state index in [2.05, 4.69) is 18.7 Å². The number of hydrogen-bond acceptors (Lipinski definition) is 3. The van der Waals surface area contributed by atoms with E-state index in [0.717, 1.165) is 25.9 Å². The van der Waals surface area contributed by atoms with Gasteiger partial charge in [0.1, 0.15) is 0 Å². The number of carboxylic acids is 1. The van der Waals surface area contributed by atoms with Crippen LogP contribution in [0.25, 0.3) is 0 Å². The summed E-state index contributed by atoms with van der Waals surface area (Å²) in [7, 11) is 0. The Morgan fingerprint density at radius 3 is 2.33 bits per heavy atom. The smallest absolute Gasteiger partial charge is 0.371 e. The van der Waals surface area contributed by atoms with Gasteiger partial charge in [0.15, 0.2) is 5.88 Å². The molecule has 84 valence electrons. The van der Waals surface area contributed by atoms with Crippen LogP contribution in [0.15, 0.2) is 16.5 Å². The molecule has 0 radical (unpaired) electrons. The third-order valence-corrected chi connectivity index (χ3v) is 2.10. The quantitative estimate of drug-likeness (QED) is 0.785. The Bertz CT molecular complexity index is 313. The molecule has 0 aliphatic carbocycles. The minimum atomic E-state index is -1.02. The number of furan rings is 1. The van der Waals surface area contributed by atoms with Crippen molar-refractivity contribution in [1.29, 1.82) is 0 Å². The first-order valence-corrected chi connectivity index (χ1v) is 5.27. The normalized spacial score (nSPS) is 10.3. The van der Waals surface area contributed by atoms with Gasteiger partial charge in [-0.1, -0.05) is 13.8 Å². The zero-order valence-corrected chi connectivity index (χ0v) is 9.19. The predicted molar refractivity (Wildman–Crippen MR) is 58.5 cm³/mol. The van der Waals surface area contributed by atoms with Crippen LogP contribution in [0.1, 0.15) is 37.2 Å². The second kappa shape index (κ2) is 5.44. The Hall–Kier alpha value is -1.45. The molecule has 0 bridgehead atoms. The maximum atomic E-state index is 10.6. The van der Waals surface area contributed by atoms with Crippen LogP contribution >= 0.6 is 0 Å². The summed E-state index contributed by atoms with van der Waals surface area (Å²) < 4.78 is 5.24.